The molecule has 1 saturated heterocycles. The van der Waals surface area contributed by atoms with E-state index in [9.17, 15) is 4.79 Å². The highest BCUT2D eigenvalue weighted by Crippen LogP contribution is 2.37. The van der Waals surface area contributed by atoms with Gasteiger partial charge < -0.3 is 19.3 Å². The van der Waals surface area contributed by atoms with E-state index in [0.717, 1.165) is 42.9 Å². The largest absolute Gasteiger partial charge is 0.490 e. The van der Waals surface area contributed by atoms with E-state index in [1.165, 1.54) is 26.8 Å². The summed E-state index contributed by atoms with van der Waals surface area (Å²) in [5.74, 6) is 5.86. The first-order valence-corrected chi connectivity index (χ1v) is 14.0. The Morgan fingerprint density at radius 1 is 1.15 bits per heavy atom. The van der Waals surface area contributed by atoms with Crippen LogP contribution in [-0.4, -0.2) is 35.4 Å². The number of nitrogens with zero attached hydrogens (tertiary/aromatic N) is 1. The first kappa shape index (κ1) is 26.7. The SMILES string of the molecule is CC#C[C@@H](CC(=O)O)c1ccc(OCc2ccc3scc(-c4ccc(OC5CCOCC5)cc4C)c3c2)nc1. The standard InChI is InChI=1S/C32H31NO5S/c1-3-4-23(17-32(34)35)24-6-10-31(33-18-24)37-19-22-5-9-30-28(16-22)29(20-39-30)27-8-7-26(15-21(27)2)38-25-11-13-36-14-12-25/h5-10,15-16,18,20,23,25H,11-14,17,19H2,1-2H3,(H,34,35)/t23-/m0/s1. The molecular weight excluding hydrogens is 510 g/mol. The molecule has 0 unspecified atom stereocenters. The third-order valence-corrected chi connectivity index (χ3v) is 7.81. The summed E-state index contributed by atoms with van der Waals surface area (Å²) in [7, 11) is 0. The summed E-state index contributed by atoms with van der Waals surface area (Å²) in [5.41, 5.74) is 5.39. The zero-order valence-corrected chi connectivity index (χ0v) is 22.9. The summed E-state index contributed by atoms with van der Waals surface area (Å²) in [6, 6.07) is 16.3. The lowest BCUT2D eigenvalue weighted by Crippen LogP contribution is -2.25. The van der Waals surface area contributed by atoms with Gasteiger partial charge in [-0.1, -0.05) is 24.1 Å². The number of pyridine rings is 1. The van der Waals surface area contributed by atoms with Crippen LogP contribution in [0.1, 0.15) is 48.8 Å². The third kappa shape index (κ3) is 6.59. The van der Waals surface area contributed by atoms with Gasteiger partial charge in [-0.15, -0.1) is 17.3 Å². The van der Waals surface area contributed by atoms with Crippen molar-refractivity contribution in [3.05, 3.63) is 76.8 Å². The van der Waals surface area contributed by atoms with Crippen LogP contribution in [-0.2, 0) is 16.1 Å². The second-order valence-electron chi connectivity index (χ2n) is 9.65. The van der Waals surface area contributed by atoms with Gasteiger partial charge in [0, 0.05) is 40.8 Å². The van der Waals surface area contributed by atoms with Crippen molar-refractivity contribution in [3.8, 4) is 34.6 Å². The van der Waals surface area contributed by atoms with Crippen molar-refractivity contribution in [2.75, 3.05) is 13.2 Å². The monoisotopic (exact) mass is 541 g/mol. The number of aryl methyl sites for hydroxylation is 1. The van der Waals surface area contributed by atoms with E-state index in [-0.39, 0.29) is 18.4 Å². The van der Waals surface area contributed by atoms with Crippen LogP contribution in [0.3, 0.4) is 0 Å². The van der Waals surface area contributed by atoms with Crippen molar-refractivity contribution in [2.45, 2.75) is 51.7 Å². The summed E-state index contributed by atoms with van der Waals surface area (Å²) in [6.45, 7) is 5.73. The second-order valence-corrected chi connectivity index (χ2v) is 10.6. The van der Waals surface area contributed by atoms with Crippen LogP contribution in [0.5, 0.6) is 11.6 Å². The van der Waals surface area contributed by atoms with Gasteiger partial charge in [0.1, 0.15) is 18.5 Å². The number of ether oxygens (including phenoxy) is 3. The Hall–Kier alpha value is -3.86. The van der Waals surface area contributed by atoms with E-state index < -0.39 is 5.97 Å². The van der Waals surface area contributed by atoms with E-state index in [4.69, 9.17) is 19.3 Å². The number of aromatic nitrogens is 1. The Bertz CT molecular complexity index is 1510. The predicted octanol–water partition coefficient (Wildman–Crippen LogP) is 6.99. The summed E-state index contributed by atoms with van der Waals surface area (Å²) < 4.78 is 18.8. The Kier molecular flexibility index (Phi) is 8.45. The zero-order chi connectivity index (χ0) is 27.2. The molecule has 1 aliphatic heterocycles. The number of hydrogen-bond acceptors (Lipinski definition) is 6. The van der Waals surface area contributed by atoms with Crippen molar-refractivity contribution >= 4 is 27.4 Å². The summed E-state index contributed by atoms with van der Waals surface area (Å²) >= 11 is 1.73. The molecule has 0 amide bonds. The lowest BCUT2D eigenvalue weighted by molar-refractivity contribution is -0.137. The fraction of sp³-hybridized carbons (Fsp3) is 0.312. The van der Waals surface area contributed by atoms with E-state index >= 15 is 0 Å². The number of benzene rings is 2. The van der Waals surface area contributed by atoms with Crippen LogP contribution in [0.15, 0.2) is 60.1 Å². The number of rotatable bonds is 9. The quantitative estimate of drug-likeness (QED) is 0.230. The number of hydrogen-bond donors (Lipinski definition) is 1. The Balaban J connectivity index is 1.29. The van der Waals surface area contributed by atoms with Gasteiger partial charge >= 0.3 is 5.97 Å². The second kappa shape index (κ2) is 12.3. The molecule has 4 aromatic rings. The molecule has 1 fully saturated rings. The maximum atomic E-state index is 11.2. The van der Waals surface area contributed by atoms with Crippen LogP contribution in [0.2, 0.25) is 0 Å². The van der Waals surface area contributed by atoms with Crippen molar-refractivity contribution in [2.24, 2.45) is 0 Å². The predicted molar refractivity (Wildman–Crippen MR) is 153 cm³/mol. The van der Waals surface area contributed by atoms with Crippen molar-refractivity contribution < 1.29 is 24.1 Å². The molecule has 6 nitrogen and oxygen atoms in total. The molecule has 3 heterocycles. The summed E-state index contributed by atoms with van der Waals surface area (Å²) in [5, 5.41) is 12.6. The van der Waals surface area contributed by atoms with Crippen LogP contribution in [0, 0.1) is 18.8 Å². The lowest BCUT2D eigenvalue weighted by atomic mass is 9.98. The molecule has 2 aromatic carbocycles. The van der Waals surface area contributed by atoms with Gasteiger partial charge in [-0.25, -0.2) is 4.98 Å². The van der Waals surface area contributed by atoms with Crippen LogP contribution in [0.25, 0.3) is 21.2 Å². The summed E-state index contributed by atoms with van der Waals surface area (Å²) in [6.07, 6.45) is 3.66. The minimum absolute atomic E-state index is 0.0586. The normalized spacial score (nSPS) is 14.4. The average molecular weight is 542 g/mol. The molecule has 0 bridgehead atoms. The molecule has 7 heteroatoms. The average Bonchev–Trinajstić information content (AvgIpc) is 3.35. The third-order valence-electron chi connectivity index (χ3n) is 6.84. The highest BCUT2D eigenvalue weighted by Gasteiger charge is 2.17. The fourth-order valence-corrected chi connectivity index (χ4v) is 5.76. The maximum Gasteiger partial charge on any atom is 0.304 e. The van der Waals surface area contributed by atoms with E-state index in [1.54, 1.807) is 30.5 Å². The van der Waals surface area contributed by atoms with Gasteiger partial charge in [-0.2, -0.15) is 0 Å². The number of aliphatic carboxylic acids is 1. The van der Waals surface area contributed by atoms with Gasteiger partial charge in [-0.3, -0.25) is 4.79 Å². The van der Waals surface area contributed by atoms with Crippen molar-refractivity contribution in [3.63, 3.8) is 0 Å². The van der Waals surface area contributed by atoms with Crippen molar-refractivity contribution in [1.82, 2.24) is 4.98 Å². The highest BCUT2D eigenvalue weighted by atomic mass is 32.1. The number of thiophene rings is 1. The molecule has 1 aliphatic rings. The van der Waals surface area contributed by atoms with E-state index in [2.05, 4.69) is 65.5 Å². The topological polar surface area (TPSA) is 77.9 Å². The maximum absolute atomic E-state index is 11.2. The molecular formula is C32H31NO5S. The zero-order valence-electron chi connectivity index (χ0n) is 22.1. The number of carboxylic acid groups (broad SMARTS) is 1. The van der Waals surface area contributed by atoms with Gasteiger partial charge in [0.15, 0.2) is 0 Å². The van der Waals surface area contributed by atoms with E-state index in [1.807, 2.05) is 6.07 Å². The molecule has 0 spiro atoms. The van der Waals surface area contributed by atoms with Crippen LogP contribution < -0.4 is 9.47 Å². The van der Waals surface area contributed by atoms with E-state index in [0.29, 0.717) is 12.5 Å². The molecule has 0 saturated carbocycles. The van der Waals surface area contributed by atoms with Gasteiger partial charge in [0.25, 0.3) is 0 Å². The molecule has 5 rings (SSSR count). The molecule has 1 N–H and O–H groups in total. The molecule has 1 atom stereocenters. The Labute approximate surface area is 232 Å². The molecule has 0 radical (unpaired) electrons. The van der Waals surface area contributed by atoms with Gasteiger partial charge in [-0.05, 0) is 65.7 Å². The van der Waals surface area contributed by atoms with Crippen molar-refractivity contribution in [1.29, 1.82) is 0 Å². The first-order chi connectivity index (χ1) is 19.0. The number of carbonyl (C=O) groups is 1. The Morgan fingerprint density at radius 2 is 2.00 bits per heavy atom. The number of carboxylic acids is 1. The molecule has 2 aromatic heterocycles. The minimum atomic E-state index is -0.888. The van der Waals surface area contributed by atoms with Crippen LogP contribution in [0.4, 0.5) is 0 Å². The summed E-state index contributed by atoms with van der Waals surface area (Å²) in [4.78, 5) is 15.5. The smallest absolute Gasteiger partial charge is 0.304 e. The van der Waals surface area contributed by atoms with Crippen LogP contribution >= 0.6 is 11.3 Å². The highest BCUT2D eigenvalue weighted by molar-refractivity contribution is 7.17. The molecule has 0 aliphatic carbocycles. The molecule has 39 heavy (non-hydrogen) atoms. The number of fused-ring (bicyclic) bond motifs is 1. The molecule has 200 valence electrons. The fourth-order valence-electron chi connectivity index (χ4n) is 4.81. The lowest BCUT2D eigenvalue weighted by Gasteiger charge is -2.23. The van der Waals surface area contributed by atoms with Gasteiger partial charge in [0.2, 0.25) is 5.88 Å². The first-order valence-electron chi connectivity index (χ1n) is 13.1. The Morgan fingerprint density at radius 3 is 2.72 bits per heavy atom. The minimum Gasteiger partial charge on any atom is -0.490 e. The van der Waals surface area contributed by atoms with Gasteiger partial charge in [0.05, 0.1) is 25.6 Å².